The highest BCUT2D eigenvalue weighted by Crippen LogP contribution is 2.44. The minimum Gasteiger partial charge on any atom is -0.378 e. The number of hydrogen-bond acceptors (Lipinski definition) is 1. The molecule has 1 saturated carbocycles. The van der Waals surface area contributed by atoms with Crippen LogP contribution in [0.25, 0.3) is 0 Å². The Balaban J connectivity index is 1.83. The highest BCUT2D eigenvalue weighted by atomic mass is 14.9. The van der Waals surface area contributed by atoms with Crippen molar-refractivity contribution in [3.05, 3.63) is 54.1 Å². The molecule has 3 atom stereocenters. The second-order valence-electron chi connectivity index (χ2n) is 4.67. The monoisotopic (exact) mass is 211 g/mol. The van der Waals surface area contributed by atoms with E-state index in [2.05, 4.69) is 60.8 Å². The number of nitrogens with one attached hydrogen (secondary N) is 1. The van der Waals surface area contributed by atoms with Gasteiger partial charge in [0.1, 0.15) is 0 Å². The molecule has 1 N–H and O–H groups in total. The predicted molar refractivity (Wildman–Crippen MR) is 68.3 cm³/mol. The lowest BCUT2D eigenvalue weighted by Crippen LogP contribution is -2.26. The van der Waals surface area contributed by atoms with E-state index < -0.39 is 0 Å². The van der Waals surface area contributed by atoms with Crippen molar-refractivity contribution in [1.29, 1.82) is 0 Å². The SMILES string of the molecule is C/C=C1\C2C=CC(C2)C1Nc1ccccc1. The third-order valence-corrected chi connectivity index (χ3v) is 3.76. The Morgan fingerprint density at radius 1 is 1.19 bits per heavy atom. The van der Waals surface area contributed by atoms with Crippen molar-refractivity contribution in [3.8, 4) is 0 Å². The molecule has 0 spiro atoms. The van der Waals surface area contributed by atoms with E-state index in [1.165, 1.54) is 12.1 Å². The van der Waals surface area contributed by atoms with Crippen LogP contribution in [0.4, 0.5) is 5.69 Å². The average Bonchev–Trinajstić information content (AvgIpc) is 2.91. The Hall–Kier alpha value is -1.50. The van der Waals surface area contributed by atoms with Crippen molar-refractivity contribution in [2.24, 2.45) is 11.8 Å². The third-order valence-electron chi connectivity index (χ3n) is 3.76. The van der Waals surface area contributed by atoms with Gasteiger partial charge in [0.25, 0.3) is 0 Å². The zero-order valence-corrected chi connectivity index (χ0v) is 9.56. The van der Waals surface area contributed by atoms with Crippen molar-refractivity contribution < 1.29 is 0 Å². The smallest absolute Gasteiger partial charge is 0.0542 e. The van der Waals surface area contributed by atoms with Gasteiger partial charge in [0.05, 0.1) is 6.04 Å². The minimum absolute atomic E-state index is 0.516. The van der Waals surface area contributed by atoms with Crippen LogP contribution < -0.4 is 5.32 Å². The molecule has 82 valence electrons. The fourth-order valence-electron chi connectivity index (χ4n) is 3.00. The van der Waals surface area contributed by atoms with E-state index >= 15 is 0 Å². The zero-order valence-electron chi connectivity index (χ0n) is 9.56. The maximum absolute atomic E-state index is 3.65. The fourth-order valence-corrected chi connectivity index (χ4v) is 3.00. The molecule has 1 aromatic carbocycles. The number of benzene rings is 1. The molecule has 1 nitrogen and oxygen atoms in total. The number of para-hydroxylation sites is 1. The van der Waals surface area contributed by atoms with Gasteiger partial charge in [-0.25, -0.2) is 0 Å². The van der Waals surface area contributed by atoms with E-state index in [0.717, 1.165) is 0 Å². The molecular weight excluding hydrogens is 194 g/mol. The van der Waals surface area contributed by atoms with Crippen molar-refractivity contribution in [2.45, 2.75) is 19.4 Å². The molecule has 16 heavy (non-hydrogen) atoms. The summed E-state index contributed by atoms with van der Waals surface area (Å²) in [5, 5.41) is 3.65. The van der Waals surface area contributed by atoms with E-state index in [0.29, 0.717) is 17.9 Å². The van der Waals surface area contributed by atoms with Crippen LogP contribution in [-0.2, 0) is 0 Å². The van der Waals surface area contributed by atoms with Crippen LogP contribution in [0.3, 0.4) is 0 Å². The van der Waals surface area contributed by atoms with E-state index in [1.54, 1.807) is 5.57 Å². The number of fused-ring (bicyclic) bond motifs is 2. The second kappa shape index (κ2) is 3.82. The van der Waals surface area contributed by atoms with Gasteiger partial charge < -0.3 is 5.32 Å². The molecule has 0 radical (unpaired) electrons. The van der Waals surface area contributed by atoms with Gasteiger partial charge in [-0.1, -0.05) is 36.4 Å². The van der Waals surface area contributed by atoms with Gasteiger partial charge in [-0.3, -0.25) is 0 Å². The molecule has 2 aliphatic rings. The molecule has 1 heteroatoms. The molecule has 0 saturated heterocycles. The third kappa shape index (κ3) is 1.47. The average molecular weight is 211 g/mol. The Bertz CT molecular complexity index is 430. The normalized spacial score (nSPS) is 33.6. The second-order valence-corrected chi connectivity index (χ2v) is 4.67. The highest BCUT2D eigenvalue weighted by Gasteiger charge is 2.39. The van der Waals surface area contributed by atoms with E-state index in [4.69, 9.17) is 0 Å². The standard InChI is InChI=1S/C15H17N/c1-2-14-11-8-9-12(10-11)15(14)16-13-6-4-3-5-7-13/h2-9,11-12,15-16H,10H2,1H3/b14-2+. The number of anilines is 1. The summed E-state index contributed by atoms with van der Waals surface area (Å²) in [6.07, 6.45) is 8.32. The number of rotatable bonds is 2. The van der Waals surface area contributed by atoms with Crippen molar-refractivity contribution in [3.63, 3.8) is 0 Å². The van der Waals surface area contributed by atoms with Crippen molar-refractivity contribution in [1.82, 2.24) is 0 Å². The lowest BCUT2D eigenvalue weighted by Gasteiger charge is -2.23. The molecule has 3 rings (SSSR count). The van der Waals surface area contributed by atoms with E-state index in [-0.39, 0.29) is 0 Å². The Labute approximate surface area is 96.9 Å². The van der Waals surface area contributed by atoms with Crippen LogP contribution in [0.2, 0.25) is 0 Å². The van der Waals surface area contributed by atoms with Crippen LogP contribution in [-0.4, -0.2) is 6.04 Å². The van der Waals surface area contributed by atoms with Crippen LogP contribution in [0.15, 0.2) is 54.1 Å². The summed E-state index contributed by atoms with van der Waals surface area (Å²) in [6.45, 7) is 2.16. The van der Waals surface area contributed by atoms with Crippen LogP contribution in [0, 0.1) is 11.8 Å². The number of hydrogen-bond donors (Lipinski definition) is 1. The van der Waals surface area contributed by atoms with Gasteiger partial charge in [0.15, 0.2) is 0 Å². The molecule has 0 aromatic heterocycles. The van der Waals surface area contributed by atoms with E-state index in [1.807, 2.05) is 0 Å². The van der Waals surface area contributed by atoms with Crippen molar-refractivity contribution in [2.75, 3.05) is 5.32 Å². The van der Waals surface area contributed by atoms with Gasteiger partial charge in [-0.2, -0.15) is 0 Å². The summed E-state index contributed by atoms with van der Waals surface area (Å²) in [6, 6.07) is 11.0. The largest absolute Gasteiger partial charge is 0.378 e. The molecule has 1 fully saturated rings. The summed E-state index contributed by atoms with van der Waals surface area (Å²) in [7, 11) is 0. The van der Waals surface area contributed by atoms with Crippen LogP contribution in [0.1, 0.15) is 13.3 Å². The van der Waals surface area contributed by atoms with Crippen LogP contribution >= 0.6 is 0 Å². The maximum Gasteiger partial charge on any atom is 0.0542 e. The van der Waals surface area contributed by atoms with Gasteiger partial charge in [0, 0.05) is 17.5 Å². The van der Waals surface area contributed by atoms with Crippen LogP contribution in [0.5, 0.6) is 0 Å². The lowest BCUT2D eigenvalue weighted by molar-refractivity contribution is 0.648. The minimum atomic E-state index is 0.516. The predicted octanol–water partition coefficient (Wildman–Crippen LogP) is 3.62. The summed E-state index contributed by atoms with van der Waals surface area (Å²) < 4.78 is 0. The van der Waals surface area contributed by atoms with Crippen molar-refractivity contribution >= 4 is 5.69 Å². The molecule has 0 aliphatic heterocycles. The first-order chi connectivity index (χ1) is 7.88. The Morgan fingerprint density at radius 3 is 2.75 bits per heavy atom. The molecule has 2 aliphatic carbocycles. The van der Waals surface area contributed by atoms with Gasteiger partial charge in [-0.05, 0) is 31.1 Å². The molecule has 3 unspecified atom stereocenters. The molecule has 0 amide bonds. The maximum atomic E-state index is 3.65. The highest BCUT2D eigenvalue weighted by molar-refractivity contribution is 5.49. The summed E-state index contributed by atoms with van der Waals surface area (Å²) in [4.78, 5) is 0. The lowest BCUT2D eigenvalue weighted by atomic mass is 9.95. The fraction of sp³-hybridized carbons (Fsp3) is 0.333. The number of allylic oxidation sites excluding steroid dienone is 2. The van der Waals surface area contributed by atoms with Gasteiger partial charge >= 0.3 is 0 Å². The topological polar surface area (TPSA) is 12.0 Å². The molecule has 0 heterocycles. The van der Waals surface area contributed by atoms with E-state index in [9.17, 15) is 0 Å². The van der Waals surface area contributed by atoms with Gasteiger partial charge in [-0.15, -0.1) is 0 Å². The Morgan fingerprint density at radius 2 is 2.00 bits per heavy atom. The molecule has 2 bridgehead atoms. The first-order valence-electron chi connectivity index (χ1n) is 6.04. The summed E-state index contributed by atoms with van der Waals surface area (Å²) in [5.74, 6) is 1.38. The van der Waals surface area contributed by atoms with Gasteiger partial charge in [0.2, 0.25) is 0 Å². The first kappa shape index (κ1) is 9.71. The summed E-state index contributed by atoms with van der Waals surface area (Å²) >= 11 is 0. The first-order valence-corrected chi connectivity index (χ1v) is 6.04. The quantitative estimate of drug-likeness (QED) is 0.737. The summed E-state index contributed by atoms with van der Waals surface area (Å²) in [5.41, 5.74) is 2.80. The Kier molecular flexibility index (Phi) is 2.32. The zero-order chi connectivity index (χ0) is 11.0. The molecular formula is C15H17N. The molecule has 1 aromatic rings.